The van der Waals surface area contributed by atoms with Crippen molar-refractivity contribution in [1.82, 2.24) is 14.8 Å². The molecule has 0 spiro atoms. The summed E-state index contributed by atoms with van der Waals surface area (Å²) in [6.07, 6.45) is 2.16. The Bertz CT molecular complexity index is 632. The molecular formula is C16H23N3O2S. The highest BCUT2D eigenvalue weighted by atomic mass is 32.2. The predicted octanol–water partition coefficient (Wildman–Crippen LogP) is 2.46. The summed E-state index contributed by atoms with van der Waals surface area (Å²) in [5, 5.41) is 17.6. The van der Waals surface area contributed by atoms with E-state index in [4.69, 9.17) is 0 Å². The van der Waals surface area contributed by atoms with Crippen molar-refractivity contribution in [1.29, 1.82) is 0 Å². The summed E-state index contributed by atoms with van der Waals surface area (Å²) in [5.74, 6) is 0.537. The van der Waals surface area contributed by atoms with Gasteiger partial charge in [0.1, 0.15) is 0 Å². The molecule has 120 valence electrons. The van der Waals surface area contributed by atoms with Crippen LogP contribution >= 0.6 is 11.8 Å². The number of H-pyrrole nitrogens is 1. The van der Waals surface area contributed by atoms with Gasteiger partial charge in [-0.1, -0.05) is 55.9 Å². The number of thioether (sulfide) groups is 1. The molecule has 1 aromatic carbocycles. The van der Waals surface area contributed by atoms with Crippen LogP contribution < -0.4 is 5.69 Å². The number of benzene rings is 1. The van der Waals surface area contributed by atoms with E-state index in [1.54, 1.807) is 4.57 Å². The van der Waals surface area contributed by atoms with E-state index in [0.29, 0.717) is 30.3 Å². The van der Waals surface area contributed by atoms with Crippen molar-refractivity contribution in [2.24, 2.45) is 0 Å². The molecule has 0 radical (unpaired) electrons. The number of aliphatic hydroxyl groups is 1. The molecule has 0 fully saturated rings. The highest BCUT2D eigenvalue weighted by molar-refractivity contribution is 7.99. The van der Waals surface area contributed by atoms with Crippen LogP contribution in [0.5, 0.6) is 0 Å². The molecule has 0 atom stereocenters. The molecule has 2 rings (SSSR count). The maximum atomic E-state index is 11.9. The van der Waals surface area contributed by atoms with E-state index < -0.39 is 5.60 Å². The van der Waals surface area contributed by atoms with Gasteiger partial charge in [-0.3, -0.25) is 4.57 Å². The molecule has 0 aliphatic carbocycles. The Kier molecular flexibility index (Phi) is 5.85. The van der Waals surface area contributed by atoms with Gasteiger partial charge in [-0.05, 0) is 24.8 Å². The smallest absolute Gasteiger partial charge is 0.343 e. The lowest BCUT2D eigenvalue weighted by Crippen LogP contribution is -2.30. The van der Waals surface area contributed by atoms with Crippen molar-refractivity contribution >= 4 is 11.8 Å². The van der Waals surface area contributed by atoms with E-state index in [9.17, 15) is 9.90 Å². The average molecular weight is 321 g/mol. The summed E-state index contributed by atoms with van der Waals surface area (Å²) in [6.45, 7) is 4.52. The molecule has 22 heavy (non-hydrogen) atoms. The fraction of sp³-hybridized carbons (Fsp3) is 0.500. The van der Waals surface area contributed by atoms with Crippen molar-refractivity contribution in [3.05, 3.63) is 46.4 Å². The Morgan fingerprint density at radius 3 is 2.59 bits per heavy atom. The second kappa shape index (κ2) is 7.65. The molecular weight excluding hydrogens is 298 g/mol. The monoisotopic (exact) mass is 321 g/mol. The van der Waals surface area contributed by atoms with Crippen LogP contribution in [-0.4, -0.2) is 31.2 Å². The Balaban J connectivity index is 2.03. The molecule has 6 heteroatoms. The van der Waals surface area contributed by atoms with Gasteiger partial charge in [0, 0.05) is 12.3 Å². The van der Waals surface area contributed by atoms with Crippen molar-refractivity contribution in [3.63, 3.8) is 0 Å². The molecule has 0 aliphatic rings. The van der Waals surface area contributed by atoms with Crippen LogP contribution in [0.4, 0.5) is 0 Å². The lowest BCUT2D eigenvalue weighted by Gasteiger charge is -2.24. The van der Waals surface area contributed by atoms with Gasteiger partial charge < -0.3 is 5.11 Å². The van der Waals surface area contributed by atoms with Crippen LogP contribution in [0.2, 0.25) is 0 Å². The first kappa shape index (κ1) is 16.8. The van der Waals surface area contributed by atoms with E-state index in [0.717, 1.165) is 6.42 Å². The van der Waals surface area contributed by atoms with Gasteiger partial charge in [0.15, 0.2) is 5.16 Å². The zero-order chi connectivity index (χ0) is 16.0. The van der Waals surface area contributed by atoms with E-state index in [1.165, 1.54) is 17.3 Å². The van der Waals surface area contributed by atoms with Gasteiger partial charge in [-0.25, -0.2) is 9.89 Å². The lowest BCUT2D eigenvalue weighted by atomic mass is 10.0. The van der Waals surface area contributed by atoms with Gasteiger partial charge in [0.25, 0.3) is 0 Å². The minimum absolute atomic E-state index is 0.199. The third-order valence-corrected chi connectivity index (χ3v) is 5.23. The maximum Gasteiger partial charge on any atom is 0.343 e. The summed E-state index contributed by atoms with van der Waals surface area (Å²) in [7, 11) is 0. The van der Waals surface area contributed by atoms with Gasteiger partial charge >= 0.3 is 5.69 Å². The third-order valence-electron chi connectivity index (χ3n) is 3.98. The van der Waals surface area contributed by atoms with Crippen LogP contribution in [0.25, 0.3) is 0 Å². The van der Waals surface area contributed by atoms with Gasteiger partial charge in [0.05, 0.1) is 5.60 Å². The largest absolute Gasteiger partial charge is 0.389 e. The van der Waals surface area contributed by atoms with Crippen LogP contribution in [0.3, 0.4) is 0 Å². The maximum absolute atomic E-state index is 11.9. The standard InChI is InChI=1S/C16H23N3O2S/c1-3-16(21,4-2)12-22-15-18-17-14(20)19(15)11-10-13-8-6-5-7-9-13/h5-9,21H,3-4,10-12H2,1-2H3,(H,17,20). The summed E-state index contributed by atoms with van der Waals surface area (Å²) >= 11 is 1.43. The van der Waals surface area contributed by atoms with Gasteiger partial charge in [0.2, 0.25) is 0 Å². The number of rotatable bonds is 8. The fourth-order valence-electron chi connectivity index (χ4n) is 2.15. The van der Waals surface area contributed by atoms with Gasteiger partial charge in [-0.15, -0.1) is 5.10 Å². The van der Waals surface area contributed by atoms with E-state index >= 15 is 0 Å². The Morgan fingerprint density at radius 1 is 1.27 bits per heavy atom. The summed E-state index contributed by atoms with van der Waals surface area (Å²) in [5.41, 5.74) is 0.282. The van der Waals surface area contributed by atoms with Crippen LogP contribution in [-0.2, 0) is 13.0 Å². The summed E-state index contributed by atoms with van der Waals surface area (Å²) < 4.78 is 1.64. The van der Waals surface area contributed by atoms with Crippen LogP contribution in [0, 0.1) is 0 Å². The average Bonchev–Trinajstić information content (AvgIpc) is 2.92. The Hall–Kier alpha value is -1.53. The molecule has 0 bridgehead atoms. The third kappa shape index (κ3) is 4.24. The summed E-state index contributed by atoms with van der Waals surface area (Å²) in [6, 6.07) is 10.1. The quantitative estimate of drug-likeness (QED) is 0.733. The molecule has 1 aromatic heterocycles. The van der Waals surface area contributed by atoms with Crippen molar-refractivity contribution in [2.45, 2.75) is 50.4 Å². The predicted molar refractivity (Wildman–Crippen MR) is 89.2 cm³/mol. The minimum Gasteiger partial charge on any atom is -0.389 e. The highest BCUT2D eigenvalue weighted by Gasteiger charge is 2.23. The summed E-state index contributed by atoms with van der Waals surface area (Å²) in [4.78, 5) is 11.9. The molecule has 2 aromatic rings. The zero-order valence-electron chi connectivity index (χ0n) is 13.1. The minimum atomic E-state index is -0.704. The van der Waals surface area contributed by atoms with Crippen molar-refractivity contribution in [2.75, 3.05) is 5.75 Å². The number of nitrogens with zero attached hydrogens (tertiary/aromatic N) is 2. The number of hydrogen-bond acceptors (Lipinski definition) is 4. The zero-order valence-corrected chi connectivity index (χ0v) is 13.9. The number of nitrogens with one attached hydrogen (secondary N) is 1. The van der Waals surface area contributed by atoms with Crippen molar-refractivity contribution < 1.29 is 5.11 Å². The number of hydrogen-bond donors (Lipinski definition) is 2. The van der Waals surface area contributed by atoms with Crippen LogP contribution in [0.1, 0.15) is 32.3 Å². The molecule has 1 heterocycles. The van der Waals surface area contributed by atoms with E-state index in [1.807, 2.05) is 44.2 Å². The molecule has 2 N–H and O–H groups in total. The molecule has 0 saturated carbocycles. The first-order valence-electron chi connectivity index (χ1n) is 7.62. The number of aryl methyl sites for hydroxylation is 1. The number of aromatic nitrogens is 3. The first-order valence-corrected chi connectivity index (χ1v) is 8.61. The SMILES string of the molecule is CCC(O)(CC)CSc1n[nH]c(=O)n1CCc1ccccc1. The Labute approximate surface area is 134 Å². The molecule has 0 saturated heterocycles. The molecule has 0 aliphatic heterocycles. The molecule has 5 nitrogen and oxygen atoms in total. The Morgan fingerprint density at radius 2 is 1.95 bits per heavy atom. The van der Waals surface area contributed by atoms with E-state index in [-0.39, 0.29) is 5.69 Å². The van der Waals surface area contributed by atoms with Gasteiger partial charge in [-0.2, -0.15) is 0 Å². The fourth-order valence-corrected chi connectivity index (χ4v) is 3.40. The lowest BCUT2D eigenvalue weighted by molar-refractivity contribution is 0.0571. The molecule has 0 unspecified atom stereocenters. The van der Waals surface area contributed by atoms with Crippen LogP contribution in [0.15, 0.2) is 40.3 Å². The molecule has 0 amide bonds. The van der Waals surface area contributed by atoms with Crippen molar-refractivity contribution in [3.8, 4) is 0 Å². The number of aromatic amines is 1. The van der Waals surface area contributed by atoms with E-state index in [2.05, 4.69) is 10.2 Å². The normalized spacial score (nSPS) is 11.8. The topological polar surface area (TPSA) is 70.9 Å². The highest BCUT2D eigenvalue weighted by Crippen LogP contribution is 2.25. The second-order valence-electron chi connectivity index (χ2n) is 5.42. The first-order chi connectivity index (χ1) is 10.6. The second-order valence-corrected chi connectivity index (χ2v) is 6.36.